The number of rotatable bonds is 22. The van der Waals surface area contributed by atoms with Crippen LogP contribution in [0.3, 0.4) is 0 Å². The van der Waals surface area contributed by atoms with Crippen molar-refractivity contribution in [3.63, 3.8) is 0 Å². The van der Waals surface area contributed by atoms with Crippen LogP contribution in [0.4, 0.5) is 0 Å². The van der Waals surface area contributed by atoms with Crippen molar-refractivity contribution in [2.45, 2.75) is 129 Å². The van der Waals surface area contributed by atoms with Crippen LogP contribution in [-0.2, 0) is 9.09 Å². The molecule has 0 fully saturated rings. The highest BCUT2D eigenvalue weighted by atomic mass is 31.2. The Morgan fingerprint density at radius 1 is 0.742 bits per heavy atom. The molecule has 2 unspecified atom stereocenters. The molecule has 0 aromatic heterocycles. The van der Waals surface area contributed by atoms with Crippen molar-refractivity contribution in [3.05, 3.63) is 12.2 Å². The van der Waals surface area contributed by atoms with Crippen molar-refractivity contribution in [3.8, 4) is 0 Å². The second-order valence-electron chi connectivity index (χ2n) is 10.0. The SMILES string of the molecule is CCCCCCCCCCCCCCCC=CCCCOP(=O)(O)C(CC)[N+](C)(C)C. The third-order valence-corrected chi connectivity index (χ3v) is 8.43. The molecule has 0 bridgehead atoms. The maximum absolute atomic E-state index is 12.5. The highest BCUT2D eigenvalue weighted by Gasteiger charge is 2.41. The molecule has 0 heterocycles. The quantitative estimate of drug-likeness (QED) is 0.0763. The van der Waals surface area contributed by atoms with Gasteiger partial charge in [-0.25, -0.2) is 0 Å². The standard InChI is InChI=1S/C26H54NO3P/c1-6-8-9-10-11-12-13-14-15-16-17-18-19-20-21-22-23-24-25-30-31(28,29)26(7-2)27(3,4)5/h21-22,26H,6-20,23-25H2,1-5H3/p+1. The average Bonchev–Trinajstić information content (AvgIpc) is 2.68. The highest BCUT2D eigenvalue weighted by Crippen LogP contribution is 2.51. The number of nitrogens with zero attached hydrogens (tertiary/aromatic N) is 1. The van der Waals surface area contributed by atoms with Crippen LogP contribution in [0, 0.1) is 0 Å². The Hall–Kier alpha value is -0.150. The molecule has 0 aromatic carbocycles. The summed E-state index contributed by atoms with van der Waals surface area (Å²) in [6, 6.07) is 0. The zero-order chi connectivity index (χ0) is 23.4. The third kappa shape index (κ3) is 18.0. The smallest absolute Gasteiger partial charge is 0.320 e. The molecule has 0 radical (unpaired) electrons. The molecule has 5 heteroatoms. The van der Waals surface area contributed by atoms with Gasteiger partial charge in [0.25, 0.3) is 0 Å². The molecule has 4 nitrogen and oxygen atoms in total. The van der Waals surface area contributed by atoms with Crippen LogP contribution in [-0.4, -0.2) is 42.9 Å². The number of allylic oxidation sites excluding steroid dienone is 2. The Morgan fingerprint density at radius 3 is 1.58 bits per heavy atom. The van der Waals surface area contributed by atoms with Gasteiger partial charge < -0.3 is 13.9 Å². The van der Waals surface area contributed by atoms with Crippen LogP contribution in [0.2, 0.25) is 0 Å². The Balaban J connectivity index is 3.50. The largest absolute Gasteiger partial charge is 0.385 e. The molecule has 0 aliphatic carbocycles. The van der Waals surface area contributed by atoms with E-state index in [1.165, 1.54) is 83.5 Å². The molecule has 0 saturated heterocycles. The minimum Gasteiger partial charge on any atom is -0.320 e. The van der Waals surface area contributed by atoms with Crippen molar-refractivity contribution in [1.82, 2.24) is 0 Å². The number of quaternary nitrogens is 1. The minimum atomic E-state index is -3.57. The summed E-state index contributed by atoms with van der Waals surface area (Å²) in [4.78, 5) is 10.3. The van der Waals surface area contributed by atoms with Crippen molar-refractivity contribution in [2.75, 3.05) is 27.7 Å². The van der Waals surface area contributed by atoms with Gasteiger partial charge in [-0.05, 0) is 25.7 Å². The van der Waals surface area contributed by atoms with Crippen LogP contribution >= 0.6 is 7.60 Å². The lowest BCUT2D eigenvalue weighted by Gasteiger charge is -2.35. The van der Waals surface area contributed by atoms with E-state index in [1.54, 1.807) is 0 Å². The summed E-state index contributed by atoms with van der Waals surface area (Å²) in [6.07, 6.45) is 26.1. The molecule has 0 saturated carbocycles. The van der Waals surface area contributed by atoms with E-state index in [-0.39, 0.29) is 5.78 Å². The van der Waals surface area contributed by atoms with Gasteiger partial charge >= 0.3 is 7.60 Å². The summed E-state index contributed by atoms with van der Waals surface area (Å²) in [6.45, 7) is 4.58. The lowest BCUT2D eigenvalue weighted by atomic mass is 10.0. The van der Waals surface area contributed by atoms with E-state index >= 15 is 0 Å². The zero-order valence-corrected chi connectivity index (χ0v) is 22.5. The topological polar surface area (TPSA) is 46.5 Å². The Labute approximate surface area is 195 Å². The summed E-state index contributed by atoms with van der Waals surface area (Å²) in [5.41, 5.74) is 0. The van der Waals surface area contributed by atoms with E-state index in [0.717, 1.165) is 19.3 Å². The first-order valence-corrected chi connectivity index (χ1v) is 14.8. The Morgan fingerprint density at radius 2 is 1.16 bits per heavy atom. The van der Waals surface area contributed by atoms with Gasteiger partial charge in [-0.15, -0.1) is 0 Å². The molecule has 186 valence electrons. The molecular weight excluding hydrogens is 405 g/mol. The fourth-order valence-corrected chi connectivity index (χ4v) is 6.11. The van der Waals surface area contributed by atoms with Gasteiger partial charge in [0.1, 0.15) is 0 Å². The van der Waals surface area contributed by atoms with E-state index in [1.807, 2.05) is 28.1 Å². The molecule has 0 rings (SSSR count). The summed E-state index contributed by atoms with van der Waals surface area (Å²) in [5, 5.41) is 0. The fourth-order valence-electron chi connectivity index (χ4n) is 4.21. The van der Waals surface area contributed by atoms with Crippen molar-refractivity contribution >= 4 is 7.60 Å². The first-order valence-electron chi connectivity index (χ1n) is 13.2. The van der Waals surface area contributed by atoms with Crippen molar-refractivity contribution in [1.29, 1.82) is 0 Å². The monoisotopic (exact) mass is 460 g/mol. The van der Waals surface area contributed by atoms with Gasteiger partial charge in [-0.2, -0.15) is 0 Å². The van der Waals surface area contributed by atoms with Crippen LogP contribution in [0.15, 0.2) is 12.2 Å². The minimum absolute atomic E-state index is 0.355. The van der Waals surface area contributed by atoms with Gasteiger partial charge in [0, 0.05) is 6.42 Å². The van der Waals surface area contributed by atoms with Crippen molar-refractivity contribution in [2.24, 2.45) is 0 Å². The molecule has 1 N–H and O–H groups in total. The van der Waals surface area contributed by atoms with E-state index < -0.39 is 7.60 Å². The number of hydrogen-bond donors (Lipinski definition) is 1. The van der Waals surface area contributed by atoms with E-state index in [4.69, 9.17) is 4.52 Å². The zero-order valence-electron chi connectivity index (χ0n) is 21.6. The fraction of sp³-hybridized carbons (Fsp3) is 0.923. The van der Waals surface area contributed by atoms with Crippen LogP contribution < -0.4 is 0 Å². The van der Waals surface area contributed by atoms with Crippen molar-refractivity contribution < 1.29 is 18.5 Å². The molecule has 31 heavy (non-hydrogen) atoms. The van der Waals surface area contributed by atoms with Gasteiger partial charge in [-0.1, -0.05) is 103 Å². The number of unbranched alkanes of at least 4 members (excludes halogenated alkanes) is 14. The predicted molar refractivity (Wildman–Crippen MR) is 137 cm³/mol. The molecule has 0 aliphatic heterocycles. The highest BCUT2D eigenvalue weighted by molar-refractivity contribution is 7.53. The predicted octanol–water partition coefficient (Wildman–Crippen LogP) is 8.45. The lowest BCUT2D eigenvalue weighted by Crippen LogP contribution is -2.44. The van der Waals surface area contributed by atoms with Crippen LogP contribution in [0.5, 0.6) is 0 Å². The molecule has 2 atom stereocenters. The lowest BCUT2D eigenvalue weighted by molar-refractivity contribution is -0.883. The molecule has 0 aliphatic rings. The molecule has 0 amide bonds. The molecular formula is C26H55NO3P+. The average molecular weight is 461 g/mol. The third-order valence-electron chi connectivity index (χ3n) is 6.07. The molecule has 0 aromatic rings. The Kier molecular flexibility index (Phi) is 19.2. The number of hydrogen-bond acceptors (Lipinski definition) is 2. The summed E-state index contributed by atoms with van der Waals surface area (Å²) >= 11 is 0. The molecule has 0 spiro atoms. The maximum Gasteiger partial charge on any atom is 0.385 e. The van der Waals surface area contributed by atoms with E-state index in [2.05, 4.69) is 19.1 Å². The second-order valence-corrected chi connectivity index (χ2v) is 12.0. The van der Waals surface area contributed by atoms with Gasteiger partial charge in [0.05, 0.1) is 27.7 Å². The summed E-state index contributed by atoms with van der Waals surface area (Å²) in [7, 11) is 2.26. The van der Waals surface area contributed by atoms with Gasteiger partial charge in [0.15, 0.2) is 5.78 Å². The van der Waals surface area contributed by atoms with Crippen LogP contribution in [0.1, 0.15) is 123 Å². The first-order chi connectivity index (χ1) is 14.8. The summed E-state index contributed by atoms with van der Waals surface area (Å²) in [5.74, 6) is -0.362. The van der Waals surface area contributed by atoms with E-state index in [9.17, 15) is 9.46 Å². The first kappa shape index (κ1) is 30.9. The van der Waals surface area contributed by atoms with Gasteiger partial charge in [-0.3, -0.25) is 4.57 Å². The second kappa shape index (κ2) is 19.3. The van der Waals surface area contributed by atoms with Gasteiger partial charge in [0.2, 0.25) is 0 Å². The van der Waals surface area contributed by atoms with E-state index in [0.29, 0.717) is 17.5 Å². The normalized spacial score (nSPS) is 15.4. The van der Waals surface area contributed by atoms with Crippen LogP contribution in [0.25, 0.3) is 0 Å². The summed E-state index contributed by atoms with van der Waals surface area (Å²) < 4.78 is 18.3. The Bertz CT molecular complexity index is 474. The maximum atomic E-state index is 12.5.